The monoisotopic (exact) mass is 403 g/mol. The Hall–Kier alpha value is -3.85. The summed E-state index contributed by atoms with van der Waals surface area (Å²) >= 11 is 0. The van der Waals surface area contributed by atoms with Gasteiger partial charge in [-0.25, -0.2) is 0 Å². The van der Waals surface area contributed by atoms with Crippen molar-refractivity contribution in [1.29, 1.82) is 0 Å². The molecule has 3 heteroatoms. The van der Waals surface area contributed by atoms with Crippen LogP contribution in [0.25, 0.3) is 55.5 Å². The van der Waals surface area contributed by atoms with Crippen LogP contribution in [-0.2, 0) is 0 Å². The first-order chi connectivity index (χ1) is 15.2. The van der Waals surface area contributed by atoms with E-state index in [1.165, 1.54) is 5.56 Å². The maximum absolute atomic E-state index is 6.22. The minimum absolute atomic E-state index is 0.512. The molecule has 0 saturated carbocycles. The lowest BCUT2D eigenvalue weighted by Gasteiger charge is -2.05. The molecule has 0 spiro atoms. The molecule has 0 atom stereocenters. The lowest BCUT2D eigenvalue weighted by atomic mass is 10.0. The van der Waals surface area contributed by atoms with Crippen molar-refractivity contribution in [3.63, 3.8) is 0 Å². The first kappa shape index (κ1) is 18.0. The molecule has 3 aromatic carbocycles. The van der Waals surface area contributed by atoms with Crippen molar-refractivity contribution < 1.29 is 8.83 Å². The number of benzene rings is 3. The standard InChI is InChI=1S/C28H21NO2/c1-17(2)18-10-12-19(13-11-18)26-14-20-16-29-24(15-27(20)30-26)23-8-5-7-22-21-6-3-4-9-25(21)31-28(22)23/h3-17H,1-2H3. The highest BCUT2D eigenvalue weighted by Gasteiger charge is 2.14. The molecule has 6 aromatic rings. The summed E-state index contributed by atoms with van der Waals surface area (Å²) in [6.45, 7) is 4.40. The molecule has 0 radical (unpaired) electrons. The fourth-order valence-corrected chi connectivity index (χ4v) is 4.20. The Morgan fingerprint density at radius 3 is 2.39 bits per heavy atom. The van der Waals surface area contributed by atoms with Gasteiger partial charge in [-0.15, -0.1) is 0 Å². The van der Waals surface area contributed by atoms with E-state index in [0.29, 0.717) is 5.92 Å². The number of rotatable bonds is 3. The van der Waals surface area contributed by atoms with Gasteiger partial charge in [-0.2, -0.15) is 0 Å². The number of hydrogen-bond acceptors (Lipinski definition) is 3. The van der Waals surface area contributed by atoms with Gasteiger partial charge < -0.3 is 8.83 Å². The number of aromatic nitrogens is 1. The molecule has 0 bridgehead atoms. The molecule has 0 fully saturated rings. The predicted octanol–water partition coefficient (Wildman–Crippen LogP) is 8.18. The van der Waals surface area contributed by atoms with E-state index >= 15 is 0 Å². The fourth-order valence-electron chi connectivity index (χ4n) is 4.20. The van der Waals surface area contributed by atoms with Crippen LogP contribution in [0.2, 0.25) is 0 Å². The highest BCUT2D eigenvalue weighted by atomic mass is 16.3. The molecule has 0 aliphatic heterocycles. The molecular weight excluding hydrogens is 382 g/mol. The van der Waals surface area contributed by atoms with Crippen LogP contribution in [0.1, 0.15) is 25.3 Å². The first-order valence-electron chi connectivity index (χ1n) is 10.6. The highest BCUT2D eigenvalue weighted by Crippen LogP contribution is 2.36. The average Bonchev–Trinajstić information content (AvgIpc) is 3.40. The zero-order valence-corrected chi connectivity index (χ0v) is 17.4. The topological polar surface area (TPSA) is 39.2 Å². The number of fused-ring (bicyclic) bond motifs is 4. The zero-order chi connectivity index (χ0) is 20.9. The van der Waals surface area contributed by atoms with Gasteiger partial charge in [-0.05, 0) is 29.7 Å². The van der Waals surface area contributed by atoms with Crippen LogP contribution < -0.4 is 0 Å². The van der Waals surface area contributed by atoms with Gasteiger partial charge in [0.15, 0.2) is 0 Å². The van der Waals surface area contributed by atoms with Crippen molar-refractivity contribution in [3.8, 4) is 22.6 Å². The second-order valence-corrected chi connectivity index (χ2v) is 8.28. The van der Waals surface area contributed by atoms with Crippen LogP contribution in [-0.4, -0.2) is 4.98 Å². The third kappa shape index (κ3) is 2.93. The zero-order valence-electron chi connectivity index (χ0n) is 17.4. The molecule has 31 heavy (non-hydrogen) atoms. The number of nitrogens with zero attached hydrogens (tertiary/aromatic N) is 1. The van der Waals surface area contributed by atoms with Crippen LogP contribution in [0.5, 0.6) is 0 Å². The normalized spacial score (nSPS) is 11.8. The third-order valence-corrected chi connectivity index (χ3v) is 5.94. The Morgan fingerprint density at radius 1 is 0.742 bits per heavy atom. The summed E-state index contributed by atoms with van der Waals surface area (Å²) in [6, 6.07) is 26.9. The summed E-state index contributed by atoms with van der Waals surface area (Å²) in [4.78, 5) is 4.72. The van der Waals surface area contributed by atoms with Gasteiger partial charge >= 0.3 is 0 Å². The molecular formula is C28H21NO2. The molecule has 0 N–H and O–H groups in total. The van der Waals surface area contributed by atoms with E-state index in [2.05, 4.69) is 62.4 Å². The van der Waals surface area contributed by atoms with Gasteiger partial charge in [0.25, 0.3) is 0 Å². The van der Waals surface area contributed by atoms with Crippen molar-refractivity contribution in [2.45, 2.75) is 19.8 Å². The van der Waals surface area contributed by atoms with E-state index < -0.39 is 0 Å². The van der Waals surface area contributed by atoms with Crippen molar-refractivity contribution in [2.24, 2.45) is 0 Å². The van der Waals surface area contributed by atoms with Crippen molar-refractivity contribution in [1.82, 2.24) is 4.98 Å². The third-order valence-electron chi connectivity index (χ3n) is 5.94. The van der Waals surface area contributed by atoms with Gasteiger partial charge in [0.2, 0.25) is 0 Å². The summed E-state index contributed by atoms with van der Waals surface area (Å²) in [5.74, 6) is 1.36. The van der Waals surface area contributed by atoms with E-state index in [9.17, 15) is 0 Å². The smallest absolute Gasteiger partial charge is 0.144 e. The van der Waals surface area contributed by atoms with Crippen LogP contribution >= 0.6 is 0 Å². The van der Waals surface area contributed by atoms with Crippen molar-refractivity contribution in [3.05, 3.63) is 90.6 Å². The SMILES string of the molecule is CC(C)c1ccc(-c2cc3cnc(-c4cccc5c4oc4ccccc45)cc3o2)cc1. The Labute approximate surface area is 179 Å². The lowest BCUT2D eigenvalue weighted by Crippen LogP contribution is -1.85. The van der Waals surface area contributed by atoms with Gasteiger partial charge in [0.1, 0.15) is 22.5 Å². The second-order valence-electron chi connectivity index (χ2n) is 8.28. The molecule has 6 rings (SSSR count). The maximum Gasteiger partial charge on any atom is 0.144 e. The molecule has 3 nitrogen and oxygen atoms in total. The molecule has 3 aromatic heterocycles. The molecule has 0 unspecified atom stereocenters. The van der Waals surface area contributed by atoms with Crippen LogP contribution in [0.3, 0.4) is 0 Å². The second kappa shape index (κ2) is 6.85. The Morgan fingerprint density at radius 2 is 1.55 bits per heavy atom. The minimum atomic E-state index is 0.512. The number of pyridine rings is 1. The number of furan rings is 2. The van der Waals surface area contributed by atoms with Gasteiger partial charge in [-0.3, -0.25) is 4.98 Å². The quantitative estimate of drug-likeness (QED) is 0.299. The van der Waals surface area contributed by atoms with Gasteiger partial charge in [0.05, 0.1) is 5.69 Å². The highest BCUT2D eigenvalue weighted by molar-refractivity contribution is 6.09. The summed E-state index contributed by atoms with van der Waals surface area (Å²) in [5.41, 5.74) is 6.76. The largest absolute Gasteiger partial charge is 0.456 e. The van der Waals surface area contributed by atoms with E-state index in [4.69, 9.17) is 13.8 Å². The van der Waals surface area contributed by atoms with Gasteiger partial charge in [-0.1, -0.05) is 68.4 Å². The van der Waals surface area contributed by atoms with Gasteiger partial charge in [0, 0.05) is 39.5 Å². The molecule has 0 aliphatic rings. The van der Waals surface area contributed by atoms with E-state index in [1.54, 1.807) is 0 Å². The van der Waals surface area contributed by atoms with Crippen LogP contribution in [0, 0.1) is 0 Å². The summed E-state index contributed by atoms with van der Waals surface area (Å²) < 4.78 is 12.4. The molecule has 0 saturated heterocycles. The first-order valence-corrected chi connectivity index (χ1v) is 10.6. The summed E-state index contributed by atoms with van der Waals surface area (Å²) in [7, 11) is 0. The summed E-state index contributed by atoms with van der Waals surface area (Å²) in [6.07, 6.45) is 1.88. The lowest BCUT2D eigenvalue weighted by molar-refractivity contribution is 0.631. The molecule has 0 aliphatic carbocycles. The fraction of sp³-hybridized carbons (Fsp3) is 0.107. The molecule has 150 valence electrons. The van der Waals surface area contributed by atoms with Crippen LogP contribution in [0.4, 0.5) is 0 Å². The van der Waals surface area contributed by atoms with Crippen molar-refractivity contribution in [2.75, 3.05) is 0 Å². The van der Waals surface area contributed by atoms with E-state index in [0.717, 1.165) is 55.5 Å². The molecule has 3 heterocycles. The van der Waals surface area contributed by atoms with Crippen molar-refractivity contribution >= 4 is 32.9 Å². The average molecular weight is 403 g/mol. The van der Waals surface area contributed by atoms with E-state index in [-0.39, 0.29) is 0 Å². The minimum Gasteiger partial charge on any atom is -0.456 e. The Balaban J connectivity index is 1.46. The van der Waals surface area contributed by atoms with Crippen LogP contribution in [0.15, 0.2) is 93.9 Å². The predicted molar refractivity (Wildman–Crippen MR) is 126 cm³/mol. The number of para-hydroxylation sites is 2. The number of hydrogen-bond donors (Lipinski definition) is 0. The Bertz CT molecular complexity index is 1550. The molecule has 0 amide bonds. The Kier molecular flexibility index (Phi) is 3.97. The summed E-state index contributed by atoms with van der Waals surface area (Å²) in [5, 5.41) is 3.20. The maximum atomic E-state index is 6.22. The van der Waals surface area contributed by atoms with E-state index in [1.807, 2.05) is 36.5 Å².